The van der Waals surface area contributed by atoms with E-state index in [0.717, 1.165) is 28.3 Å². The lowest BCUT2D eigenvalue weighted by molar-refractivity contribution is -0.136. The lowest BCUT2D eigenvalue weighted by atomic mass is 9.65. The summed E-state index contributed by atoms with van der Waals surface area (Å²) in [5, 5.41) is 12.7. The predicted molar refractivity (Wildman–Crippen MR) is 104 cm³/mol. The van der Waals surface area contributed by atoms with E-state index in [9.17, 15) is 4.79 Å². The molecule has 0 unspecified atom stereocenters. The van der Waals surface area contributed by atoms with Crippen LogP contribution in [0, 0.1) is 5.92 Å². The number of benzene rings is 2. The molecule has 0 radical (unpaired) electrons. The molecule has 0 aliphatic carbocycles. The maximum absolute atomic E-state index is 10.9. The van der Waals surface area contributed by atoms with E-state index in [4.69, 9.17) is 14.6 Å². The highest BCUT2D eigenvalue weighted by molar-refractivity contribution is 5.67. The second-order valence-electron chi connectivity index (χ2n) is 7.91. The van der Waals surface area contributed by atoms with E-state index >= 15 is 0 Å². The molecule has 0 bridgehead atoms. The molecule has 0 amide bonds. The molecule has 5 heteroatoms. The van der Waals surface area contributed by atoms with Gasteiger partial charge in [0.25, 0.3) is 0 Å². The van der Waals surface area contributed by atoms with Crippen LogP contribution in [0.25, 0.3) is 0 Å². The van der Waals surface area contributed by atoms with Crippen LogP contribution in [0.2, 0.25) is 0 Å². The van der Waals surface area contributed by atoms with Crippen molar-refractivity contribution in [2.24, 2.45) is 5.92 Å². The van der Waals surface area contributed by atoms with Crippen LogP contribution >= 0.6 is 0 Å². The van der Waals surface area contributed by atoms with Gasteiger partial charge in [0.15, 0.2) is 11.5 Å². The summed E-state index contributed by atoms with van der Waals surface area (Å²) in [6.07, 6.45) is 0.693. The van der Waals surface area contributed by atoms with Gasteiger partial charge in [0.2, 0.25) is 0 Å². The molecule has 0 spiro atoms. The van der Waals surface area contributed by atoms with E-state index in [1.807, 2.05) is 18.2 Å². The van der Waals surface area contributed by atoms with Crippen molar-refractivity contribution in [2.45, 2.75) is 38.1 Å². The van der Waals surface area contributed by atoms with Gasteiger partial charge in [0.1, 0.15) is 0 Å². The second kappa shape index (κ2) is 6.48. The summed E-state index contributed by atoms with van der Waals surface area (Å²) >= 11 is 0. The van der Waals surface area contributed by atoms with Crippen LogP contribution in [0.15, 0.2) is 36.4 Å². The van der Waals surface area contributed by atoms with E-state index in [1.165, 1.54) is 5.56 Å². The second-order valence-corrected chi connectivity index (χ2v) is 7.91. The standard InChI is InChI=1S/C22H25NO4/c1-22(2)15-11-13(8-10-19(24)25)7-9-17(15)23-20-14-5-4-6-18(26-3)21(14)27-12-16(20)22/h4-7,9,11,16,20,23H,8,10,12H2,1-3H3,(H,24,25)/t16-,20-/m0/s1. The highest BCUT2D eigenvalue weighted by Crippen LogP contribution is 2.53. The van der Waals surface area contributed by atoms with Crippen molar-refractivity contribution in [1.82, 2.24) is 0 Å². The first-order valence-electron chi connectivity index (χ1n) is 9.33. The molecule has 0 saturated heterocycles. The normalized spacial score (nSPS) is 21.7. The van der Waals surface area contributed by atoms with Gasteiger partial charge >= 0.3 is 5.97 Å². The minimum Gasteiger partial charge on any atom is -0.493 e. The van der Waals surface area contributed by atoms with Gasteiger partial charge in [-0.05, 0) is 29.7 Å². The number of carbonyl (C=O) groups is 1. The molecule has 2 N–H and O–H groups in total. The molecule has 0 fully saturated rings. The van der Waals surface area contributed by atoms with Crippen LogP contribution in [-0.2, 0) is 16.6 Å². The number of hydrogen-bond donors (Lipinski definition) is 2. The summed E-state index contributed by atoms with van der Waals surface area (Å²) in [5.74, 6) is 1.09. The molecule has 2 heterocycles. The van der Waals surface area contributed by atoms with Gasteiger partial charge in [-0.1, -0.05) is 38.1 Å². The molecule has 27 heavy (non-hydrogen) atoms. The molecule has 4 rings (SSSR count). The SMILES string of the molecule is COc1cccc2c1OC[C@H]1[C@H]2Nc2ccc(CCC(=O)O)cc2C1(C)C. The first-order valence-corrected chi connectivity index (χ1v) is 9.33. The third kappa shape index (κ3) is 2.91. The zero-order chi connectivity index (χ0) is 19.2. The summed E-state index contributed by atoms with van der Waals surface area (Å²) in [7, 11) is 1.66. The molecule has 142 valence electrons. The van der Waals surface area contributed by atoms with Gasteiger partial charge in [-0.2, -0.15) is 0 Å². The average Bonchev–Trinajstić information content (AvgIpc) is 2.66. The third-order valence-electron chi connectivity index (χ3n) is 6.02. The van der Waals surface area contributed by atoms with Crippen LogP contribution in [0.1, 0.15) is 43.0 Å². The van der Waals surface area contributed by atoms with Gasteiger partial charge in [-0.3, -0.25) is 4.79 Å². The minimum absolute atomic E-state index is 0.106. The van der Waals surface area contributed by atoms with Crippen LogP contribution in [-0.4, -0.2) is 24.8 Å². The number of hydrogen-bond acceptors (Lipinski definition) is 4. The number of aliphatic carboxylic acids is 1. The highest BCUT2D eigenvalue weighted by atomic mass is 16.5. The Balaban J connectivity index is 1.73. The zero-order valence-corrected chi connectivity index (χ0v) is 15.9. The monoisotopic (exact) mass is 367 g/mol. The Labute approximate surface area is 159 Å². The number of carboxylic acids is 1. The fourth-order valence-electron chi connectivity index (χ4n) is 4.41. The summed E-state index contributed by atoms with van der Waals surface area (Å²) in [4.78, 5) is 10.9. The van der Waals surface area contributed by atoms with Crippen molar-refractivity contribution in [3.63, 3.8) is 0 Å². The topological polar surface area (TPSA) is 67.8 Å². The molecule has 2 aliphatic rings. The number of aryl methyl sites for hydroxylation is 1. The number of carboxylic acid groups (broad SMARTS) is 1. The summed E-state index contributed by atoms with van der Waals surface area (Å²) in [6, 6.07) is 12.4. The first-order chi connectivity index (χ1) is 12.9. The molecule has 2 atom stereocenters. The largest absolute Gasteiger partial charge is 0.493 e. The van der Waals surface area contributed by atoms with Crippen molar-refractivity contribution in [3.8, 4) is 11.5 Å². The number of methoxy groups -OCH3 is 1. The van der Waals surface area contributed by atoms with Gasteiger partial charge in [-0.25, -0.2) is 0 Å². The van der Waals surface area contributed by atoms with E-state index in [-0.39, 0.29) is 23.8 Å². The summed E-state index contributed by atoms with van der Waals surface area (Å²) in [6.45, 7) is 5.11. The molecule has 5 nitrogen and oxygen atoms in total. The predicted octanol–water partition coefficient (Wildman–Crippen LogP) is 4.17. The lowest BCUT2D eigenvalue weighted by Gasteiger charge is -2.48. The molecule has 2 aromatic carbocycles. The summed E-state index contributed by atoms with van der Waals surface area (Å²) < 4.78 is 11.6. The van der Waals surface area contributed by atoms with Gasteiger partial charge < -0.3 is 19.9 Å². The number of fused-ring (bicyclic) bond motifs is 4. The number of ether oxygens (including phenoxy) is 2. The Morgan fingerprint density at radius 3 is 2.89 bits per heavy atom. The lowest BCUT2D eigenvalue weighted by Crippen LogP contribution is -2.46. The molecule has 2 aliphatic heterocycles. The summed E-state index contributed by atoms with van der Waals surface area (Å²) in [5.41, 5.74) is 4.41. The van der Waals surface area contributed by atoms with Gasteiger partial charge in [0.05, 0.1) is 19.8 Å². The molecule has 0 aromatic heterocycles. The number of nitrogens with one attached hydrogen (secondary N) is 1. The maximum atomic E-state index is 10.9. The number of rotatable bonds is 4. The van der Waals surface area contributed by atoms with Crippen LogP contribution in [0.5, 0.6) is 11.5 Å². The minimum atomic E-state index is -0.767. The van der Waals surface area contributed by atoms with Crippen molar-refractivity contribution in [2.75, 3.05) is 19.0 Å². The van der Waals surface area contributed by atoms with E-state index in [1.54, 1.807) is 7.11 Å². The van der Waals surface area contributed by atoms with Crippen molar-refractivity contribution in [1.29, 1.82) is 0 Å². The number of para-hydroxylation sites is 1. The smallest absolute Gasteiger partial charge is 0.303 e. The van der Waals surface area contributed by atoms with Crippen molar-refractivity contribution < 1.29 is 19.4 Å². The Morgan fingerprint density at radius 1 is 1.33 bits per heavy atom. The fourth-order valence-corrected chi connectivity index (χ4v) is 4.41. The Morgan fingerprint density at radius 2 is 2.15 bits per heavy atom. The Hall–Kier alpha value is -2.69. The average molecular weight is 367 g/mol. The van der Waals surface area contributed by atoms with Crippen molar-refractivity contribution >= 4 is 11.7 Å². The quantitative estimate of drug-likeness (QED) is 0.849. The van der Waals surface area contributed by atoms with E-state index < -0.39 is 5.97 Å². The van der Waals surface area contributed by atoms with E-state index in [2.05, 4.69) is 37.4 Å². The molecule has 2 aromatic rings. The van der Waals surface area contributed by atoms with Gasteiger partial charge in [0, 0.05) is 29.0 Å². The van der Waals surface area contributed by atoms with Crippen LogP contribution < -0.4 is 14.8 Å². The molecular formula is C22H25NO4. The molecule has 0 saturated carbocycles. The molecular weight excluding hydrogens is 342 g/mol. The first kappa shape index (κ1) is 17.7. The van der Waals surface area contributed by atoms with E-state index in [0.29, 0.717) is 13.0 Å². The van der Waals surface area contributed by atoms with Crippen LogP contribution in [0.4, 0.5) is 5.69 Å². The number of anilines is 1. The Bertz CT molecular complexity index is 890. The van der Waals surface area contributed by atoms with Crippen LogP contribution in [0.3, 0.4) is 0 Å². The maximum Gasteiger partial charge on any atom is 0.303 e. The Kier molecular flexibility index (Phi) is 4.25. The fraction of sp³-hybridized carbons (Fsp3) is 0.409. The van der Waals surface area contributed by atoms with Gasteiger partial charge in [-0.15, -0.1) is 0 Å². The van der Waals surface area contributed by atoms with Crippen molar-refractivity contribution in [3.05, 3.63) is 53.1 Å². The third-order valence-corrected chi connectivity index (χ3v) is 6.02. The zero-order valence-electron chi connectivity index (χ0n) is 15.9. The highest BCUT2D eigenvalue weighted by Gasteiger charge is 2.46.